The van der Waals surface area contributed by atoms with Gasteiger partial charge in [0.2, 0.25) is 5.82 Å². The average molecular weight is 383 g/mol. The molecule has 0 saturated carbocycles. The van der Waals surface area contributed by atoms with E-state index in [1.807, 2.05) is 13.8 Å². The third-order valence-corrected chi connectivity index (χ3v) is 4.83. The van der Waals surface area contributed by atoms with Gasteiger partial charge in [-0.25, -0.2) is 9.67 Å². The quantitative estimate of drug-likeness (QED) is 0.859. The van der Waals surface area contributed by atoms with Crippen LogP contribution in [0.4, 0.5) is 0 Å². The summed E-state index contributed by atoms with van der Waals surface area (Å²) in [7, 11) is 0. The summed E-state index contributed by atoms with van der Waals surface area (Å²) < 4.78 is 7.14. The summed E-state index contributed by atoms with van der Waals surface area (Å²) in [6, 6.07) is 5.11. The molecule has 1 aromatic heterocycles. The van der Waals surface area contributed by atoms with Crippen molar-refractivity contribution in [3.63, 3.8) is 0 Å². The van der Waals surface area contributed by atoms with E-state index in [0.717, 1.165) is 19.4 Å². The Morgan fingerprint density at radius 2 is 2.16 bits per heavy atom. The molecular formula is C17H20Cl2N4O2. The first kappa shape index (κ1) is 18.2. The first-order valence-corrected chi connectivity index (χ1v) is 9.09. The molecule has 1 saturated heterocycles. The minimum absolute atomic E-state index is 0.0368. The molecule has 2 atom stereocenters. The number of amides is 1. The standard InChI is InChI=1S/C17H20Cl2N4O2/c1-3-14-21-16(17(24)20-10(2)13-8-5-9-25-13)22-23(14)15-11(18)6-4-7-12(15)19/h4,6-7,10,13H,3,5,8-9H2,1-2H3,(H,20,24)/t10-,13-/m1/s1. The number of hydrogen-bond donors (Lipinski definition) is 1. The Morgan fingerprint density at radius 3 is 2.76 bits per heavy atom. The number of halogens is 2. The third-order valence-electron chi connectivity index (χ3n) is 4.22. The Morgan fingerprint density at radius 1 is 1.44 bits per heavy atom. The second-order valence-electron chi connectivity index (χ2n) is 6.00. The molecule has 1 fully saturated rings. The summed E-state index contributed by atoms with van der Waals surface area (Å²) >= 11 is 12.5. The summed E-state index contributed by atoms with van der Waals surface area (Å²) in [6.07, 6.45) is 2.58. The van der Waals surface area contributed by atoms with Gasteiger partial charge in [-0.1, -0.05) is 36.2 Å². The van der Waals surface area contributed by atoms with Gasteiger partial charge in [0.05, 0.1) is 22.2 Å². The molecule has 6 nitrogen and oxygen atoms in total. The van der Waals surface area contributed by atoms with E-state index in [9.17, 15) is 4.79 Å². The monoisotopic (exact) mass is 382 g/mol. The highest BCUT2D eigenvalue weighted by atomic mass is 35.5. The highest BCUT2D eigenvalue weighted by Crippen LogP contribution is 2.28. The molecule has 1 amide bonds. The molecule has 1 aromatic carbocycles. The molecule has 1 aliphatic rings. The Bertz CT molecular complexity index is 752. The molecule has 3 rings (SSSR count). The van der Waals surface area contributed by atoms with E-state index in [-0.39, 0.29) is 23.9 Å². The number of ether oxygens (including phenoxy) is 1. The predicted molar refractivity (Wildman–Crippen MR) is 96.7 cm³/mol. The van der Waals surface area contributed by atoms with Gasteiger partial charge in [0.15, 0.2) is 0 Å². The smallest absolute Gasteiger partial charge is 0.291 e. The van der Waals surface area contributed by atoms with Crippen LogP contribution in [-0.2, 0) is 11.2 Å². The van der Waals surface area contributed by atoms with Gasteiger partial charge in [-0.15, -0.1) is 5.10 Å². The Labute approximate surface area is 156 Å². The van der Waals surface area contributed by atoms with Crippen molar-refractivity contribution in [1.29, 1.82) is 0 Å². The lowest BCUT2D eigenvalue weighted by molar-refractivity contribution is 0.0706. The average Bonchev–Trinajstić information content (AvgIpc) is 3.24. The van der Waals surface area contributed by atoms with E-state index in [1.165, 1.54) is 4.68 Å². The first-order valence-electron chi connectivity index (χ1n) is 8.34. The highest BCUT2D eigenvalue weighted by molar-refractivity contribution is 6.37. The number of aryl methyl sites for hydroxylation is 1. The normalized spacial score (nSPS) is 18.3. The number of aromatic nitrogens is 3. The van der Waals surface area contributed by atoms with Crippen LogP contribution in [-0.4, -0.2) is 39.4 Å². The van der Waals surface area contributed by atoms with Crippen molar-refractivity contribution in [2.75, 3.05) is 6.61 Å². The summed E-state index contributed by atoms with van der Waals surface area (Å²) in [5, 5.41) is 8.15. The second-order valence-corrected chi connectivity index (χ2v) is 6.82. The zero-order valence-electron chi connectivity index (χ0n) is 14.1. The van der Waals surface area contributed by atoms with Crippen molar-refractivity contribution < 1.29 is 9.53 Å². The van der Waals surface area contributed by atoms with Crippen LogP contribution in [0.1, 0.15) is 43.1 Å². The molecule has 1 N–H and O–H groups in total. The molecule has 2 heterocycles. The number of nitrogens with one attached hydrogen (secondary N) is 1. The van der Waals surface area contributed by atoms with E-state index in [0.29, 0.717) is 28.0 Å². The molecule has 1 aliphatic heterocycles. The number of carbonyl (C=O) groups excluding carboxylic acids is 1. The summed E-state index contributed by atoms with van der Waals surface area (Å²) in [4.78, 5) is 16.9. The maximum atomic E-state index is 12.5. The van der Waals surface area contributed by atoms with Crippen molar-refractivity contribution in [2.24, 2.45) is 0 Å². The van der Waals surface area contributed by atoms with Gasteiger partial charge in [0.1, 0.15) is 11.5 Å². The number of carbonyl (C=O) groups is 1. The van der Waals surface area contributed by atoms with Crippen molar-refractivity contribution in [1.82, 2.24) is 20.1 Å². The maximum absolute atomic E-state index is 12.5. The van der Waals surface area contributed by atoms with Crippen LogP contribution < -0.4 is 5.32 Å². The number of hydrogen-bond acceptors (Lipinski definition) is 4. The van der Waals surface area contributed by atoms with E-state index < -0.39 is 0 Å². The molecule has 2 aromatic rings. The number of nitrogens with zero attached hydrogens (tertiary/aromatic N) is 3. The van der Waals surface area contributed by atoms with Gasteiger partial charge >= 0.3 is 0 Å². The molecule has 0 aliphatic carbocycles. The van der Waals surface area contributed by atoms with Crippen LogP contribution in [0.25, 0.3) is 5.69 Å². The van der Waals surface area contributed by atoms with Crippen LogP contribution in [0.5, 0.6) is 0 Å². The number of rotatable bonds is 5. The number of para-hydroxylation sites is 1. The van der Waals surface area contributed by atoms with Crippen LogP contribution in [0, 0.1) is 0 Å². The fraction of sp³-hybridized carbons (Fsp3) is 0.471. The maximum Gasteiger partial charge on any atom is 0.291 e. The minimum Gasteiger partial charge on any atom is -0.376 e. The zero-order chi connectivity index (χ0) is 18.0. The first-order chi connectivity index (χ1) is 12.0. The lowest BCUT2D eigenvalue weighted by Gasteiger charge is -2.18. The van der Waals surface area contributed by atoms with Crippen LogP contribution in [0.2, 0.25) is 10.0 Å². The predicted octanol–water partition coefficient (Wildman–Crippen LogP) is 3.43. The van der Waals surface area contributed by atoms with Crippen LogP contribution in [0.15, 0.2) is 18.2 Å². The second kappa shape index (κ2) is 7.72. The molecule has 0 radical (unpaired) electrons. The van der Waals surface area contributed by atoms with Crippen molar-refractivity contribution in [3.05, 3.63) is 39.9 Å². The topological polar surface area (TPSA) is 69.0 Å². The van der Waals surface area contributed by atoms with Gasteiger partial charge in [-0.3, -0.25) is 4.79 Å². The Hall–Kier alpha value is -1.63. The molecular weight excluding hydrogens is 363 g/mol. The van der Waals surface area contributed by atoms with Crippen LogP contribution in [0.3, 0.4) is 0 Å². The largest absolute Gasteiger partial charge is 0.376 e. The molecule has 8 heteroatoms. The van der Waals surface area contributed by atoms with E-state index >= 15 is 0 Å². The minimum atomic E-state index is -0.334. The van der Waals surface area contributed by atoms with E-state index in [4.69, 9.17) is 27.9 Å². The van der Waals surface area contributed by atoms with Gasteiger partial charge in [-0.2, -0.15) is 0 Å². The van der Waals surface area contributed by atoms with Gasteiger partial charge in [0, 0.05) is 13.0 Å². The lowest BCUT2D eigenvalue weighted by atomic mass is 10.1. The molecule has 134 valence electrons. The van der Waals surface area contributed by atoms with Crippen molar-refractivity contribution in [2.45, 2.75) is 45.3 Å². The Kier molecular flexibility index (Phi) is 5.61. The molecule has 25 heavy (non-hydrogen) atoms. The lowest BCUT2D eigenvalue weighted by Crippen LogP contribution is -2.41. The van der Waals surface area contributed by atoms with Crippen molar-refractivity contribution >= 4 is 29.1 Å². The fourth-order valence-electron chi connectivity index (χ4n) is 2.90. The summed E-state index contributed by atoms with van der Waals surface area (Å²) in [5.74, 6) is 0.377. The van der Waals surface area contributed by atoms with E-state index in [1.54, 1.807) is 18.2 Å². The third kappa shape index (κ3) is 3.81. The summed E-state index contributed by atoms with van der Waals surface area (Å²) in [5.41, 5.74) is 0.529. The van der Waals surface area contributed by atoms with Gasteiger partial charge in [-0.05, 0) is 31.9 Å². The molecule has 0 unspecified atom stereocenters. The number of benzene rings is 1. The molecule has 0 spiro atoms. The van der Waals surface area contributed by atoms with Gasteiger partial charge < -0.3 is 10.1 Å². The fourth-order valence-corrected chi connectivity index (χ4v) is 3.46. The van der Waals surface area contributed by atoms with Crippen molar-refractivity contribution in [3.8, 4) is 5.69 Å². The van der Waals surface area contributed by atoms with Crippen LogP contribution >= 0.6 is 23.2 Å². The Balaban J connectivity index is 1.86. The highest BCUT2D eigenvalue weighted by Gasteiger charge is 2.26. The van der Waals surface area contributed by atoms with Gasteiger partial charge in [0.25, 0.3) is 5.91 Å². The summed E-state index contributed by atoms with van der Waals surface area (Å²) in [6.45, 7) is 4.60. The zero-order valence-corrected chi connectivity index (χ0v) is 15.6. The SMILES string of the molecule is CCc1nc(C(=O)N[C@H](C)[C@H]2CCCO2)nn1-c1c(Cl)cccc1Cl. The molecule has 0 bridgehead atoms. The van der Waals surface area contributed by atoms with E-state index in [2.05, 4.69) is 15.4 Å².